The van der Waals surface area contributed by atoms with Gasteiger partial charge >= 0.3 is 0 Å². The second-order valence-electron chi connectivity index (χ2n) is 8.70. The molecular weight excluding hydrogens is 338 g/mol. The maximum absolute atomic E-state index is 8.97. The molecule has 3 rings (SSSR count). The van der Waals surface area contributed by atoms with Gasteiger partial charge in [0.1, 0.15) is 0 Å². The van der Waals surface area contributed by atoms with Crippen LogP contribution in [-0.4, -0.2) is 0 Å². The smallest absolute Gasteiger partial charge is 0.0991 e. The van der Waals surface area contributed by atoms with Crippen molar-refractivity contribution in [2.75, 3.05) is 0 Å². The van der Waals surface area contributed by atoms with Gasteiger partial charge in [-0.3, -0.25) is 0 Å². The van der Waals surface area contributed by atoms with Gasteiger partial charge in [-0.15, -0.1) is 0 Å². The standard InChI is InChI=1S/C27H35N/c1-3-4-5-6-7-21(2)23-12-14-25(15-13-23)27-18-16-26(17-19-27)24-10-8-22(20-28)9-11-24/h8-15,21,26-27H,3-7,16-19H2,1-2H3. The Bertz CT molecular complexity index is 742. The van der Waals surface area contributed by atoms with Crippen molar-refractivity contribution in [2.45, 2.75) is 89.4 Å². The van der Waals surface area contributed by atoms with Gasteiger partial charge in [-0.1, -0.05) is 75.9 Å². The molecule has 0 aliphatic heterocycles. The molecule has 28 heavy (non-hydrogen) atoms. The Morgan fingerprint density at radius 3 is 1.86 bits per heavy atom. The molecule has 0 saturated heterocycles. The Morgan fingerprint density at radius 1 is 0.821 bits per heavy atom. The van der Waals surface area contributed by atoms with Crippen molar-refractivity contribution in [3.05, 3.63) is 70.8 Å². The van der Waals surface area contributed by atoms with Gasteiger partial charge in [-0.25, -0.2) is 0 Å². The number of hydrogen-bond acceptors (Lipinski definition) is 1. The molecule has 0 radical (unpaired) electrons. The lowest BCUT2D eigenvalue weighted by Crippen LogP contribution is -2.12. The van der Waals surface area contributed by atoms with Crippen molar-refractivity contribution < 1.29 is 0 Å². The Kier molecular flexibility index (Phi) is 7.72. The molecule has 0 spiro atoms. The third-order valence-electron chi connectivity index (χ3n) is 6.71. The van der Waals surface area contributed by atoms with Crippen LogP contribution in [0.2, 0.25) is 0 Å². The summed E-state index contributed by atoms with van der Waals surface area (Å²) >= 11 is 0. The van der Waals surface area contributed by atoms with Crippen LogP contribution in [0.25, 0.3) is 0 Å². The highest BCUT2D eigenvalue weighted by Crippen LogP contribution is 2.40. The van der Waals surface area contributed by atoms with Gasteiger partial charge in [0.25, 0.3) is 0 Å². The predicted octanol–water partition coefficient (Wildman–Crippen LogP) is 8.07. The molecule has 1 aliphatic carbocycles. The van der Waals surface area contributed by atoms with Gasteiger partial charge in [0.15, 0.2) is 0 Å². The van der Waals surface area contributed by atoms with E-state index in [-0.39, 0.29) is 0 Å². The normalized spacial score (nSPS) is 20.5. The van der Waals surface area contributed by atoms with Gasteiger partial charge in [0, 0.05) is 0 Å². The highest BCUT2D eigenvalue weighted by Gasteiger charge is 2.23. The Hall–Kier alpha value is -2.07. The summed E-state index contributed by atoms with van der Waals surface area (Å²) in [6.07, 6.45) is 11.8. The first-order valence-corrected chi connectivity index (χ1v) is 11.3. The number of unbranched alkanes of at least 4 members (excludes halogenated alkanes) is 3. The summed E-state index contributed by atoms with van der Waals surface area (Å²) in [5, 5.41) is 8.97. The van der Waals surface area contributed by atoms with Crippen molar-refractivity contribution in [1.82, 2.24) is 0 Å². The summed E-state index contributed by atoms with van der Waals surface area (Å²) in [5.41, 5.74) is 5.20. The van der Waals surface area contributed by atoms with Gasteiger partial charge < -0.3 is 0 Å². The van der Waals surface area contributed by atoms with Crippen molar-refractivity contribution >= 4 is 0 Å². The summed E-state index contributed by atoms with van der Waals surface area (Å²) in [6.45, 7) is 4.66. The van der Waals surface area contributed by atoms with E-state index in [4.69, 9.17) is 5.26 Å². The maximum Gasteiger partial charge on any atom is 0.0991 e. The largest absolute Gasteiger partial charge is 0.192 e. The first kappa shape index (κ1) is 20.7. The molecule has 1 saturated carbocycles. The van der Waals surface area contributed by atoms with Crippen molar-refractivity contribution in [2.24, 2.45) is 0 Å². The van der Waals surface area contributed by atoms with Gasteiger partial charge in [0.2, 0.25) is 0 Å². The van der Waals surface area contributed by atoms with E-state index >= 15 is 0 Å². The van der Waals surface area contributed by atoms with E-state index in [0.717, 1.165) is 5.56 Å². The zero-order valence-electron chi connectivity index (χ0n) is 17.7. The molecule has 0 aromatic heterocycles. The monoisotopic (exact) mass is 373 g/mol. The van der Waals surface area contributed by atoms with Gasteiger partial charge in [-0.2, -0.15) is 5.26 Å². The Labute approximate surface area is 171 Å². The molecule has 1 nitrogen and oxygen atoms in total. The predicted molar refractivity (Wildman–Crippen MR) is 119 cm³/mol. The molecule has 2 aromatic carbocycles. The fourth-order valence-electron chi connectivity index (χ4n) is 4.73. The molecule has 0 heterocycles. The lowest BCUT2D eigenvalue weighted by atomic mass is 9.76. The quantitative estimate of drug-likeness (QED) is 0.429. The van der Waals surface area contributed by atoms with E-state index in [1.807, 2.05) is 12.1 Å². The molecule has 1 fully saturated rings. The minimum atomic E-state index is 0.659. The van der Waals surface area contributed by atoms with Crippen LogP contribution in [0, 0.1) is 11.3 Å². The van der Waals surface area contributed by atoms with Gasteiger partial charge in [0.05, 0.1) is 11.6 Å². The van der Waals surface area contributed by atoms with Crippen LogP contribution < -0.4 is 0 Å². The number of nitrogens with zero attached hydrogens (tertiary/aromatic N) is 1. The number of nitriles is 1. The van der Waals surface area contributed by atoms with Crippen molar-refractivity contribution in [1.29, 1.82) is 5.26 Å². The lowest BCUT2D eigenvalue weighted by Gasteiger charge is -2.29. The van der Waals surface area contributed by atoms with Crippen LogP contribution in [0.15, 0.2) is 48.5 Å². The summed E-state index contributed by atoms with van der Waals surface area (Å²) < 4.78 is 0. The average Bonchev–Trinajstić information content (AvgIpc) is 2.77. The average molecular weight is 374 g/mol. The first-order chi connectivity index (χ1) is 13.7. The van der Waals surface area contributed by atoms with Crippen LogP contribution in [0.3, 0.4) is 0 Å². The molecule has 1 atom stereocenters. The maximum atomic E-state index is 8.97. The summed E-state index contributed by atoms with van der Waals surface area (Å²) in [5.74, 6) is 2.05. The van der Waals surface area contributed by atoms with Crippen molar-refractivity contribution in [3.63, 3.8) is 0 Å². The SMILES string of the molecule is CCCCCCC(C)c1ccc(C2CCC(c3ccc(C#N)cc3)CC2)cc1. The fourth-order valence-corrected chi connectivity index (χ4v) is 4.73. The van der Waals surface area contributed by atoms with E-state index in [9.17, 15) is 0 Å². The van der Waals surface area contributed by atoms with Crippen LogP contribution in [0.5, 0.6) is 0 Å². The Balaban J connectivity index is 1.50. The Morgan fingerprint density at radius 2 is 1.36 bits per heavy atom. The molecule has 0 amide bonds. The summed E-state index contributed by atoms with van der Waals surface area (Å²) in [4.78, 5) is 0. The molecule has 2 aromatic rings. The third kappa shape index (κ3) is 5.48. The zero-order valence-corrected chi connectivity index (χ0v) is 17.7. The zero-order chi connectivity index (χ0) is 19.8. The van der Waals surface area contributed by atoms with Crippen LogP contribution in [0.1, 0.15) is 112 Å². The molecule has 1 unspecified atom stereocenters. The lowest BCUT2D eigenvalue weighted by molar-refractivity contribution is 0.396. The van der Waals surface area contributed by atoms with Crippen LogP contribution in [0.4, 0.5) is 0 Å². The summed E-state index contributed by atoms with van der Waals surface area (Å²) in [7, 11) is 0. The second-order valence-corrected chi connectivity index (χ2v) is 8.70. The summed E-state index contributed by atoms with van der Waals surface area (Å²) in [6, 6.07) is 20.0. The van der Waals surface area contributed by atoms with E-state index in [1.54, 1.807) is 0 Å². The topological polar surface area (TPSA) is 23.8 Å². The third-order valence-corrected chi connectivity index (χ3v) is 6.71. The molecule has 148 valence electrons. The molecule has 0 bridgehead atoms. The highest BCUT2D eigenvalue weighted by molar-refractivity contribution is 5.34. The first-order valence-electron chi connectivity index (χ1n) is 11.3. The fraction of sp³-hybridized carbons (Fsp3) is 0.519. The van der Waals surface area contributed by atoms with E-state index in [2.05, 4.69) is 56.3 Å². The van der Waals surface area contributed by atoms with Crippen LogP contribution in [-0.2, 0) is 0 Å². The van der Waals surface area contributed by atoms with Gasteiger partial charge in [-0.05, 0) is 78.7 Å². The minimum absolute atomic E-state index is 0.659. The van der Waals surface area contributed by atoms with E-state index in [0.29, 0.717) is 17.8 Å². The van der Waals surface area contributed by atoms with Crippen LogP contribution >= 0.6 is 0 Å². The van der Waals surface area contributed by atoms with E-state index in [1.165, 1.54) is 74.5 Å². The molecule has 1 heteroatoms. The minimum Gasteiger partial charge on any atom is -0.192 e. The molecular formula is C27H35N. The number of rotatable bonds is 8. The number of benzene rings is 2. The molecule has 1 aliphatic rings. The molecule has 0 N–H and O–H groups in total. The van der Waals surface area contributed by atoms with Crippen molar-refractivity contribution in [3.8, 4) is 6.07 Å². The van der Waals surface area contributed by atoms with E-state index < -0.39 is 0 Å². The highest BCUT2D eigenvalue weighted by atomic mass is 14.3. The second kappa shape index (κ2) is 10.5. The number of hydrogen-bond donors (Lipinski definition) is 0.